The van der Waals surface area contributed by atoms with Crippen LogP contribution in [0.2, 0.25) is 0 Å². The topological polar surface area (TPSA) is 31.4 Å². The highest BCUT2D eigenvalue weighted by molar-refractivity contribution is 5.60. The predicted octanol–water partition coefficient (Wildman–Crippen LogP) is 0.330. The normalized spacial score (nSPS) is 8.93. The highest BCUT2D eigenvalue weighted by Gasteiger charge is 2.11. The van der Waals surface area contributed by atoms with Gasteiger partial charge in [-0.1, -0.05) is 0 Å². The zero-order chi connectivity index (χ0) is 10.6. The Morgan fingerprint density at radius 2 is 1.87 bits per heavy atom. The van der Waals surface area contributed by atoms with Crippen molar-refractivity contribution in [2.24, 2.45) is 0 Å². The van der Waals surface area contributed by atoms with Gasteiger partial charge in [0.2, 0.25) is 5.39 Å². The predicted molar refractivity (Wildman–Crippen MR) is 59.5 cm³/mol. The number of nitrogens with zero attached hydrogens (tertiary/aromatic N) is 3. The van der Waals surface area contributed by atoms with Gasteiger partial charge in [-0.05, 0) is 32.9 Å². The van der Waals surface area contributed by atoms with Gasteiger partial charge in [0.25, 0.3) is 0 Å². The highest BCUT2D eigenvalue weighted by Crippen LogP contribution is 2.24. The zero-order valence-corrected chi connectivity index (χ0v) is 10.1. The first-order chi connectivity index (χ1) is 6.72. The summed E-state index contributed by atoms with van der Waals surface area (Å²) in [6.45, 7) is 8.19. The average Bonchev–Trinajstić information content (AvgIpc) is 2.20. The third-order valence-electron chi connectivity index (χ3n) is 2.42. The standard InChI is InChI=1S/C11H16N3.ClH/c1-4-14(5-2)10-6-7-11(13-12)9(3)8-10;/h6-8H,4-5H2,1-3H3;1H/q+1;/p-1. The van der Waals surface area contributed by atoms with Gasteiger partial charge in [-0.2, -0.15) is 0 Å². The van der Waals surface area contributed by atoms with Crippen molar-refractivity contribution in [3.63, 3.8) is 0 Å². The molecule has 0 N–H and O–H groups in total. The summed E-state index contributed by atoms with van der Waals surface area (Å²) in [5.74, 6) is 0. The van der Waals surface area contributed by atoms with Crippen LogP contribution in [0.5, 0.6) is 0 Å². The lowest BCUT2D eigenvalue weighted by molar-refractivity contribution is -0.00000327. The van der Waals surface area contributed by atoms with E-state index in [2.05, 4.69) is 23.7 Å². The van der Waals surface area contributed by atoms with E-state index in [1.165, 1.54) is 5.69 Å². The van der Waals surface area contributed by atoms with E-state index in [1.807, 2.05) is 25.1 Å². The lowest BCUT2D eigenvalue weighted by atomic mass is 10.1. The number of benzene rings is 1. The Kier molecular flexibility index (Phi) is 5.73. The molecule has 0 saturated heterocycles. The average molecular weight is 226 g/mol. The van der Waals surface area contributed by atoms with Crippen molar-refractivity contribution in [1.29, 1.82) is 5.39 Å². The number of hydrogen-bond acceptors (Lipinski definition) is 2. The quantitative estimate of drug-likeness (QED) is 0.695. The van der Waals surface area contributed by atoms with Crippen molar-refractivity contribution in [2.45, 2.75) is 20.8 Å². The van der Waals surface area contributed by atoms with Crippen molar-refractivity contribution < 1.29 is 12.4 Å². The van der Waals surface area contributed by atoms with Crippen LogP contribution in [0.4, 0.5) is 11.4 Å². The van der Waals surface area contributed by atoms with Crippen molar-refractivity contribution >= 4 is 11.4 Å². The summed E-state index contributed by atoms with van der Waals surface area (Å²) in [5.41, 5.74) is 2.82. The minimum absolute atomic E-state index is 0. The van der Waals surface area contributed by atoms with E-state index in [4.69, 9.17) is 5.39 Å². The number of anilines is 1. The molecule has 0 unspecified atom stereocenters. The number of diazo groups is 1. The van der Waals surface area contributed by atoms with E-state index in [0.717, 1.165) is 18.7 Å². The van der Waals surface area contributed by atoms with Crippen LogP contribution in [0, 0.1) is 12.3 Å². The van der Waals surface area contributed by atoms with E-state index in [1.54, 1.807) is 0 Å². The minimum Gasteiger partial charge on any atom is -1.00 e. The largest absolute Gasteiger partial charge is 1.00 e. The van der Waals surface area contributed by atoms with Crippen molar-refractivity contribution in [3.05, 3.63) is 28.7 Å². The molecule has 0 fully saturated rings. The molecule has 0 aliphatic heterocycles. The molecule has 4 heteroatoms. The van der Waals surface area contributed by atoms with Gasteiger partial charge in [0.15, 0.2) is 4.98 Å². The molecule has 1 rings (SSSR count). The number of halogens is 1. The van der Waals surface area contributed by atoms with Crippen molar-refractivity contribution in [1.82, 2.24) is 0 Å². The van der Waals surface area contributed by atoms with Gasteiger partial charge in [-0.15, -0.1) is 0 Å². The fourth-order valence-corrected chi connectivity index (χ4v) is 1.54. The van der Waals surface area contributed by atoms with Gasteiger partial charge >= 0.3 is 5.69 Å². The van der Waals surface area contributed by atoms with Crippen molar-refractivity contribution in [3.8, 4) is 0 Å². The van der Waals surface area contributed by atoms with Gasteiger partial charge < -0.3 is 17.3 Å². The van der Waals surface area contributed by atoms with Gasteiger partial charge in [0.1, 0.15) is 0 Å². The second-order valence-electron chi connectivity index (χ2n) is 3.24. The van der Waals surface area contributed by atoms with Gasteiger partial charge in [-0.25, -0.2) is 0 Å². The molecule has 3 nitrogen and oxygen atoms in total. The van der Waals surface area contributed by atoms with E-state index in [-0.39, 0.29) is 12.4 Å². The summed E-state index contributed by atoms with van der Waals surface area (Å²) in [6.07, 6.45) is 0. The molecule has 1 aromatic carbocycles. The molecular weight excluding hydrogens is 210 g/mol. The van der Waals surface area contributed by atoms with E-state index in [0.29, 0.717) is 5.69 Å². The molecule has 0 saturated carbocycles. The first-order valence-electron chi connectivity index (χ1n) is 4.93. The first kappa shape index (κ1) is 13.7. The highest BCUT2D eigenvalue weighted by atomic mass is 35.5. The summed E-state index contributed by atoms with van der Waals surface area (Å²) < 4.78 is 0. The van der Waals surface area contributed by atoms with Crippen molar-refractivity contribution in [2.75, 3.05) is 18.0 Å². The molecule has 0 aliphatic rings. The fraction of sp³-hybridized carbons (Fsp3) is 0.455. The lowest BCUT2D eigenvalue weighted by Gasteiger charge is -2.20. The summed E-state index contributed by atoms with van der Waals surface area (Å²) in [6, 6.07) is 5.86. The molecule has 1 aromatic rings. The fourth-order valence-electron chi connectivity index (χ4n) is 1.54. The van der Waals surface area contributed by atoms with Crippen LogP contribution in [-0.4, -0.2) is 13.1 Å². The van der Waals surface area contributed by atoms with Crippen LogP contribution in [0.1, 0.15) is 19.4 Å². The number of hydrogen-bond donors (Lipinski definition) is 0. The second-order valence-corrected chi connectivity index (χ2v) is 3.24. The SMILES string of the molecule is CCN(CC)c1ccc([N+]#N)c(C)c1.[Cl-]. The van der Waals surface area contributed by atoms with Crippen LogP contribution < -0.4 is 17.3 Å². The smallest absolute Gasteiger partial charge is 0.388 e. The molecule has 0 radical (unpaired) electrons. The first-order valence-corrected chi connectivity index (χ1v) is 4.93. The lowest BCUT2D eigenvalue weighted by Crippen LogP contribution is -3.00. The molecule has 0 heterocycles. The molecule has 82 valence electrons. The van der Waals surface area contributed by atoms with Crippen LogP contribution in [0.15, 0.2) is 18.2 Å². The molecule has 0 atom stereocenters. The third kappa shape index (κ3) is 3.10. The minimum atomic E-state index is 0. The molecule has 0 aliphatic carbocycles. The van der Waals surface area contributed by atoms with E-state index in [9.17, 15) is 0 Å². The molecule has 15 heavy (non-hydrogen) atoms. The Morgan fingerprint density at radius 1 is 1.27 bits per heavy atom. The van der Waals surface area contributed by atoms with Gasteiger partial charge in [0, 0.05) is 30.4 Å². The van der Waals surface area contributed by atoms with E-state index < -0.39 is 0 Å². The van der Waals surface area contributed by atoms with E-state index >= 15 is 0 Å². The second kappa shape index (κ2) is 6.26. The monoisotopic (exact) mass is 225 g/mol. The maximum Gasteiger partial charge on any atom is 0.388 e. The van der Waals surface area contributed by atoms with Crippen LogP contribution in [0.25, 0.3) is 4.98 Å². The van der Waals surface area contributed by atoms with Gasteiger partial charge in [-0.3, -0.25) is 0 Å². The summed E-state index contributed by atoms with van der Waals surface area (Å²) in [4.78, 5) is 5.46. The molecule has 0 bridgehead atoms. The Hall–Kier alpha value is -1.27. The van der Waals surface area contributed by atoms with Gasteiger partial charge in [0.05, 0.1) is 0 Å². The Morgan fingerprint density at radius 3 is 2.27 bits per heavy atom. The maximum absolute atomic E-state index is 8.67. The molecule has 0 amide bonds. The summed E-state index contributed by atoms with van der Waals surface area (Å²) >= 11 is 0. The molecule has 0 aromatic heterocycles. The Balaban J connectivity index is 0.00000196. The van der Waals surface area contributed by atoms with Crippen LogP contribution in [0.3, 0.4) is 0 Å². The maximum atomic E-state index is 8.67. The third-order valence-corrected chi connectivity index (χ3v) is 2.42. The number of aryl methyl sites for hydroxylation is 1. The summed E-state index contributed by atoms with van der Waals surface area (Å²) in [7, 11) is 0. The Bertz CT molecular complexity index is 353. The molecule has 0 spiro atoms. The molecular formula is C11H16ClN3. The van der Waals surface area contributed by atoms with Crippen LogP contribution >= 0.6 is 0 Å². The van der Waals surface area contributed by atoms with Crippen LogP contribution in [-0.2, 0) is 0 Å². The summed E-state index contributed by atoms with van der Waals surface area (Å²) in [5, 5.41) is 8.67. The Labute approximate surface area is 97.1 Å². The number of rotatable bonds is 3. The zero-order valence-electron chi connectivity index (χ0n) is 9.37.